The fourth-order valence-electron chi connectivity index (χ4n) is 6.33. The van der Waals surface area contributed by atoms with Gasteiger partial charge in [-0.25, -0.2) is 0 Å². The number of fused-ring (bicyclic) bond motifs is 2. The number of hydrogen-bond donors (Lipinski definition) is 1. The number of amides is 2. The molecule has 2 fully saturated rings. The molecule has 0 aromatic heterocycles. The Hall–Kier alpha value is -2.68. The van der Waals surface area contributed by atoms with Gasteiger partial charge in [-0.05, 0) is 44.2 Å². The number of carbonyl (C=O) groups excluding carboxylic acids is 3. The molecule has 1 aromatic rings. The Bertz CT molecular complexity index is 1130. The van der Waals surface area contributed by atoms with E-state index >= 15 is 0 Å². The van der Waals surface area contributed by atoms with E-state index in [1.54, 1.807) is 17.0 Å². The van der Waals surface area contributed by atoms with E-state index in [2.05, 4.69) is 0 Å². The van der Waals surface area contributed by atoms with E-state index in [4.69, 9.17) is 21.1 Å². The van der Waals surface area contributed by atoms with Gasteiger partial charge in [0.15, 0.2) is 0 Å². The molecule has 0 bridgehead atoms. The van der Waals surface area contributed by atoms with Crippen molar-refractivity contribution in [2.45, 2.75) is 63.3 Å². The van der Waals surface area contributed by atoms with Gasteiger partial charge in [0.2, 0.25) is 5.91 Å². The lowest BCUT2D eigenvalue weighted by Gasteiger charge is -2.38. The highest BCUT2D eigenvalue weighted by Gasteiger charge is 2.72. The molecule has 37 heavy (non-hydrogen) atoms. The lowest BCUT2D eigenvalue weighted by atomic mass is 9.78. The van der Waals surface area contributed by atoms with Gasteiger partial charge in [0, 0.05) is 6.54 Å². The van der Waals surface area contributed by atoms with Crippen LogP contribution in [0.2, 0.25) is 5.02 Å². The Labute approximate surface area is 221 Å². The lowest BCUT2D eigenvalue weighted by Crippen LogP contribution is -2.58. The maximum Gasteiger partial charge on any atom is 0.312 e. The van der Waals surface area contributed by atoms with Crippen molar-refractivity contribution < 1.29 is 29.0 Å². The predicted molar refractivity (Wildman–Crippen MR) is 138 cm³/mol. The monoisotopic (exact) mass is 528 g/mol. The van der Waals surface area contributed by atoms with Crippen LogP contribution in [0.15, 0.2) is 42.5 Å². The topological polar surface area (TPSA) is 96.4 Å². The number of likely N-dealkylation sites (tertiary alicyclic amines) is 1. The van der Waals surface area contributed by atoms with Crippen LogP contribution in [0.4, 0.5) is 5.69 Å². The van der Waals surface area contributed by atoms with Crippen molar-refractivity contribution in [3.8, 4) is 0 Å². The molecule has 6 atom stereocenters. The van der Waals surface area contributed by atoms with E-state index in [9.17, 15) is 19.5 Å². The second-order valence-corrected chi connectivity index (χ2v) is 10.6. The third-order valence-corrected chi connectivity index (χ3v) is 8.38. The lowest BCUT2D eigenvalue weighted by molar-refractivity contribution is -0.155. The van der Waals surface area contributed by atoms with Gasteiger partial charge in [0.05, 0.1) is 42.0 Å². The van der Waals surface area contributed by atoms with Gasteiger partial charge in [0.1, 0.15) is 17.6 Å². The molecule has 8 nitrogen and oxygen atoms in total. The minimum Gasteiger partial charge on any atom is -0.465 e. The summed E-state index contributed by atoms with van der Waals surface area (Å²) < 4.78 is 12.2. The molecule has 0 saturated carbocycles. The standard InChI is InChI=1S/C28H33ClN2O6/c1-3-18(16-32)31-24-26(34)30(23-17(2)10-8-11-19(23)29)14-9-13-28(24)22(25(31)33)21-20(37-28)12-6-4-5-7-15-36-27(21)35/h6,8-13,18,20-22,24,32H,3-5,7,14-16H2,1-2H3/b12-6-/t18-,20-,21+,22-,24?,28-/m0/s1. The number of esters is 1. The summed E-state index contributed by atoms with van der Waals surface area (Å²) in [6.07, 6.45) is 9.56. The summed E-state index contributed by atoms with van der Waals surface area (Å²) in [5.41, 5.74) is 0.00724. The van der Waals surface area contributed by atoms with Gasteiger partial charge in [0.25, 0.3) is 5.91 Å². The highest BCUT2D eigenvalue weighted by atomic mass is 35.5. The number of halogens is 1. The van der Waals surface area contributed by atoms with E-state index < -0.39 is 41.6 Å². The quantitative estimate of drug-likeness (QED) is 0.476. The summed E-state index contributed by atoms with van der Waals surface area (Å²) in [5.74, 6) is -3.07. The molecular formula is C28H33ClN2O6. The summed E-state index contributed by atoms with van der Waals surface area (Å²) in [7, 11) is 0. The van der Waals surface area contributed by atoms with Crippen molar-refractivity contribution in [3.05, 3.63) is 53.1 Å². The van der Waals surface area contributed by atoms with Crippen LogP contribution in [0.5, 0.6) is 0 Å². The van der Waals surface area contributed by atoms with Crippen molar-refractivity contribution in [1.82, 2.24) is 4.90 Å². The van der Waals surface area contributed by atoms with Crippen molar-refractivity contribution in [2.75, 3.05) is 24.7 Å². The number of benzene rings is 1. The van der Waals surface area contributed by atoms with Gasteiger partial charge in [-0.3, -0.25) is 14.4 Å². The normalized spacial score (nSPS) is 33.4. The van der Waals surface area contributed by atoms with Gasteiger partial charge in [-0.15, -0.1) is 0 Å². The molecule has 198 valence electrons. The van der Waals surface area contributed by atoms with Crippen LogP contribution >= 0.6 is 11.6 Å². The average Bonchev–Trinajstić information content (AvgIpc) is 3.26. The Morgan fingerprint density at radius 3 is 2.73 bits per heavy atom. The first-order chi connectivity index (χ1) is 17.9. The Kier molecular flexibility index (Phi) is 7.18. The molecule has 5 rings (SSSR count). The van der Waals surface area contributed by atoms with Gasteiger partial charge in [-0.1, -0.05) is 55.0 Å². The zero-order valence-electron chi connectivity index (χ0n) is 21.1. The first kappa shape index (κ1) is 25.9. The molecule has 0 aliphatic carbocycles. The van der Waals surface area contributed by atoms with Gasteiger partial charge in [-0.2, -0.15) is 0 Å². The van der Waals surface area contributed by atoms with E-state index in [0.717, 1.165) is 24.8 Å². The predicted octanol–water partition coefficient (Wildman–Crippen LogP) is 3.19. The summed E-state index contributed by atoms with van der Waals surface area (Å²) in [6, 6.07) is 3.74. The highest BCUT2D eigenvalue weighted by Crippen LogP contribution is 2.54. The number of rotatable bonds is 4. The number of cyclic esters (lactones) is 1. The molecular weight excluding hydrogens is 496 g/mol. The smallest absolute Gasteiger partial charge is 0.312 e. The van der Waals surface area contributed by atoms with Crippen LogP contribution in [0.3, 0.4) is 0 Å². The summed E-state index contributed by atoms with van der Waals surface area (Å²) in [5, 5.41) is 10.6. The minimum atomic E-state index is -1.38. The minimum absolute atomic E-state index is 0.227. The van der Waals surface area contributed by atoms with Crippen molar-refractivity contribution in [1.29, 1.82) is 0 Å². The van der Waals surface area contributed by atoms with Crippen LogP contribution in [0.25, 0.3) is 0 Å². The molecule has 2 amide bonds. The number of anilines is 1. The second kappa shape index (κ2) is 10.2. The number of para-hydroxylation sites is 1. The average molecular weight is 529 g/mol. The molecule has 1 spiro atoms. The number of aliphatic hydroxyl groups is 1. The number of hydrogen-bond acceptors (Lipinski definition) is 6. The molecule has 0 radical (unpaired) electrons. The zero-order valence-corrected chi connectivity index (χ0v) is 21.9. The summed E-state index contributed by atoms with van der Waals surface area (Å²) >= 11 is 6.56. The number of aryl methyl sites for hydroxylation is 1. The zero-order chi connectivity index (χ0) is 26.3. The SMILES string of the molecule is CC[C@@H](CO)N1C(=O)[C@@H]2[C@@H]3C(=O)OCCCC/C=C\[C@@H]3O[C@@]23C=CCN(c2c(C)cccc2Cl)C(=O)C13. The maximum atomic E-state index is 14.4. The fourth-order valence-corrected chi connectivity index (χ4v) is 6.65. The Morgan fingerprint density at radius 1 is 1.19 bits per heavy atom. The third kappa shape index (κ3) is 4.10. The Morgan fingerprint density at radius 2 is 2.00 bits per heavy atom. The van der Waals surface area contributed by atoms with Crippen LogP contribution in [-0.4, -0.2) is 71.3 Å². The number of carbonyl (C=O) groups is 3. The Balaban J connectivity index is 1.66. The van der Waals surface area contributed by atoms with Crippen molar-refractivity contribution in [3.63, 3.8) is 0 Å². The van der Waals surface area contributed by atoms with Crippen molar-refractivity contribution >= 4 is 35.1 Å². The maximum absolute atomic E-state index is 14.4. The number of aliphatic hydroxyl groups excluding tert-OH is 1. The van der Waals surface area contributed by atoms with Gasteiger partial charge >= 0.3 is 5.97 Å². The van der Waals surface area contributed by atoms with E-state index in [1.165, 1.54) is 4.90 Å². The number of ether oxygens (including phenoxy) is 2. The second-order valence-electron chi connectivity index (χ2n) is 10.2. The van der Waals surface area contributed by atoms with Gasteiger partial charge < -0.3 is 24.4 Å². The van der Waals surface area contributed by atoms with Crippen molar-refractivity contribution in [2.24, 2.45) is 11.8 Å². The first-order valence-electron chi connectivity index (χ1n) is 13.0. The number of nitrogens with zero attached hydrogens (tertiary/aromatic N) is 2. The van der Waals surface area contributed by atoms with Crippen LogP contribution in [-0.2, 0) is 23.9 Å². The molecule has 9 heteroatoms. The molecule has 4 aliphatic heterocycles. The largest absolute Gasteiger partial charge is 0.465 e. The molecule has 4 heterocycles. The first-order valence-corrected chi connectivity index (χ1v) is 13.4. The van der Waals surface area contributed by atoms with E-state index in [-0.39, 0.29) is 31.6 Å². The van der Waals surface area contributed by atoms with E-state index in [0.29, 0.717) is 17.1 Å². The molecule has 2 saturated heterocycles. The molecule has 1 N–H and O–H groups in total. The summed E-state index contributed by atoms with van der Waals surface area (Å²) in [4.78, 5) is 45.0. The molecule has 1 aromatic carbocycles. The molecule has 1 unspecified atom stereocenters. The van der Waals surface area contributed by atoms with E-state index in [1.807, 2.05) is 44.2 Å². The number of allylic oxidation sites excluding steroid dienone is 1. The van der Waals surface area contributed by atoms with Crippen LogP contribution in [0.1, 0.15) is 38.2 Å². The van der Waals surface area contributed by atoms with Crippen LogP contribution < -0.4 is 4.90 Å². The highest BCUT2D eigenvalue weighted by molar-refractivity contribution is 6.34. The van der Waals surface area contributed by atoms with Crippen LogP contribution in [0, 0.1) is 18.8 Å². The fraction of sp³-hybridized carbons (Fsp3) is 0.536. The summed E-state index contributed by atoms with van der Waals surface area (Å²) in [6.45, 7) is 3.92. The molecule has 4 aliphatic rings. The third-order valence-electron chi connectivity index (χ3n) is 8.07.